The lowest BCUT2D eigenvalue weighted by atomic mass is 10.1. The second-order valence-electron chi connectivity index (χ2n) is 10.4. The number of rotatable bonds is 14. The minimum absolute atomic E-state index is 0.0685. The fraction of sp³-hybridized carbons (Fsp3) is 0.312. The van der Waals surface area contributed by atoms with E-state index in [9.17, 15) is 9.59 Å². The molecule has 220 valence electrons. The number of anilines is 2. The van der Waals surface area contributed by atoms with Gasteiger partial charge in [0.05, 0.1) is 16.9 Å². The van der Waals surface area contributed by atoms with E-state index in [1.807, 2.05) is 49.5 Å². The fourth-order valence-corrected chi connectivity index (χ4v) is 4.72. The van der Waals surface area contributed by atoms with Gasteiger partial charge >= 0.3 is 0 Å². The standard InChI is InChI=1S/C32H38ClN7O2/c1-4-23(38-31(42)22-14-16-24(17-15-22)37-29(41)13-9-19-40(2)3)10-7-8-18-34-32-36-21-27(33)30(39-32)26-20-35-28-12-6-5-11-25(26)28/h5-6,9,11-17,20-21,23,35H,4,7-8,10,18-19H2,1-3H3,(H,37,41)(H,38,42)(H,34,36,39)/b13-9+/t23-/m1/s1. The summed E-state index contributed by atoms with van der Waals surface area (Å²) >= 11 is 6.44. The molecule has 0 aliphatic heterocycles. The van der Waals surface area contributed by atoms with Crippen LogP contribution in [0.4, 0.5) is 11.6 Å². The molecule has 0 saturated heterocycles. The lowest BCUT2D eigenvalue weighted by Crippen LogP contribution is -2.34. The molecular formula is C32H38ClN7O2. The zero-order chi connectivity index (χ0) is 29.9. The zero-order valence-corrected chi connectivity index (χ0v) is 25.0. The van der Waals surface area contributed by atoms with E-state index in [0.717, 1.165) is 42.1 Å². The molecule has 2 aromatic heterocycles. The number of halogens is 1. The number of fused-ring (bicyclic) bond motifs is 1. The van der Waals surface area contributed by atoms with Crippen LogP contribution in [-0.4, -0.2) is 64.9 Å². The van der Waals surface area contributed by atoms with Crippen molar-refractivity contribution in [2.75, 3.05) is 37.8 Å². The number of nitrogens with one attached hydrogen (secondary N) is 4. The lowest BCUT2D eigenvalue weighted by molar-refractivity contribution is -0.111. The first kappa shape index (κ1) is 30.7. The third-order valence-corrected chi connectivity index (χ3v) is 7.11. The third kappa shape index (κ3) is 8.64. The van der Waals surface area contributed by atoms with Crippen molar-refractivity contribution in [3.8, 4) is 11.3 Å². The van der Waals surface area contributed by atoms with E-state index in [2.05, 4.69) is 37.8 Å². The molecule has 4 N–H and O–H groups in total. The van der Waals surface area contributed by atoms with Gasteiger partial charge in [-0.05, 0) is 70.1 Å². The number of unbranched alkanes of at least 4 members (excludes halogenated alkanes) is 1. The van der Waals surface area contributed by atoms with Crippen LogP contribution in [-0.2, 0) is 4.79 Å². The summed E-state index contributed by atoms with van der Waals surface area (Å²) in [4.78, 5) is 39.1. The monoisotopic (exact) mass is 587 g/mol. The summed E-state index contributed by atoms with van der Waals surface area (Å²) in [7, 11) is 3.87. The Hall–Kier alpha value is -4.21. The minimum Gasteiger partial charge on any atom is -0.360 e. The van der Waals surface area contributed by atoms with Crippen molar-refractivity contribution in [3.05, 3.63) is 83.7 Å². The molecule has 42 heavy (non-hydrogen) atoms. The molecule has 9 nitrogen and oxygen atoms in total. The number of aromatic nitrogens is 3. The van der Waals surface area contributed by atoms with Gasteiger partial charge < -0.3 is 25.8 Å². The molecule has 1 atom stereocenters. The Morgan fingerprint density at radius 2 is 1.88 bits per heavy atom. The van der Waals surface area contributed by atoms with E-state index in [1.165, 1.54) is 6.08 Å². The Bertz CT molecular complexity index is 1520. The maximum absolute atomic E-state index is 12.8. The van der Waals surface area contributed by atoms with Gasteiger partial charge in [0.2, 0.25) is 11.9 Å². The Balaban J connectivity index is 1.21. The Morgan fingerprint density at radius 1 is 1.10 bits per heavy atom. The predicted octanol–water partition coefficient (Wildman–Crippen LogP) is 6.13. The van der Waals surface area contributed by atoms with Gasteiger partial charge in [-0.15, -0.1) is 0 Å². The van der Waals surface area contributed by atoms with Gasteiger partial charge in [-0.2, -0.15) is 0 Å². The second-order valence-corrected chi connectivity index (χ2v) is 10.8. The molecule has 0 aliphatic carbocycles. The van der Waals surface area contributed by atoms with Gasteiger partial charge in [0.15, 0.2) is 0 Å². The van der Waals surface area contributed by atoms with Gasteiger partial charge in [-0.25, -0.2) is 9.97 Å². The Morgan fingerprint density at radius 3 is 2.64 bits per heavy atom. The minimum atomic E-state index is -0.202. The van der Waals surface area contributed by atoms with E-state index in [4.69, 9.17) is 11.6 Å². The molecule has 2 amide bonds. The number of hydrogen-bond acceptors (Lipinski definition) is 6. The molecule has 10 heteroatoms. The van der Waals surface area contributed by atoms with Crippen molar-refractivity contribution in [1.29, 1.82) is 0 Å². The summed E-state index contributed by atoms with van der Waals surface area (Å²) in [6.45, 7) is 3.46. The molecule has 2 heterocycles. The average Bonchev–Trinajstić information content (AvgIpc) is 3.41. The van der Waals surface area contributed by atoms with Gasteiger partial charge in [-0.1, -0.05) is 42.8 Å². The van der Waals surface area contributed by atoms with Crippen LogP contribution in [0.2, 0.25) is 5.02 Å². The summed E-state index contributed by atoms with van der Waals surface area (Å²) in [5.41, 5.74) is 3.85. The summed E-state index contributed by atoms with van der Waals surface area (Å²) in [6, 6.07) is 15.0. The maximum atomic E-state index is 12.8. The second kappa shape index (κ2) is 15.1. The molecule has 0 bridgehead atoms. The van der Waals surface area contributed by atoms with Crippen LogP contribution in [0.25, 0.3) is 22.2 Å². The maximum Gasteiger partial charge on any atom is 0.251 e. The van der Waals surface area contributed by atoms with E-state index in [0.29, 0.717) is 41.0 Å². The van der Waals surface area contributed by atoms with E-state index >= 15 is 0 Å². The highest BCUT2D eigenvalue weighted by atomic mass is 35.5. The van der Waals surface area contributed by atoms with Crippen LogP contribution in [0.1, 0.15) is 43.0 Å². The highest BCUT2D eigenvalue weighted by molar-refractivity contribution is 6.33. The number of likely N-dealkylation sites (N-methyl/N-ethyl adjacent to an activating group) is 1. The van der Waals surface area contributed by atoms with Crippen molar-refractivity contribution in [3.63, 3.8) is 0 Å². The number of nitrogens with zero attached hydrogens (tertiary/aromatic N) is 3. The quantitative estimate of drug-likeness (QED) is 0.104. The number of H-pyrrole nitrogens is 1. The largest absolute Gasteiger partial charge is 0.360 e. The third-order valence-electron chi connectivity index (χ3n) is 6.83. The number of amides is 2. The van der Waals surface area contributed by atoms with Gasteiger partial charge in [0.1, 0.15) is 0 Å². The van der Waals surface area contributed by atoms with Crippen LogP contribution < -0.4 is 16.0 Å². The zero-order valence-electron chi connectivity index (χ0n) is 24.3. The van der Waals surface area contributed by atoms with Crippen LogP contribution in [0, 0.1) is 0 Å². The number of carbonyl (C=O) groups is 2. The van der Waals surface area contributed by atoms with E-state index in [-0.39, 0.29) is 17.9 Å². The molecule has 4 aromatic rings. The van der Waals surface area contributed by atoms with Gasteiger partial charge in [0, 0.05) is 59.1 Å². The number of benzene rings is 2. The van der Waals surface area contributed by atoms with Gasteiger partial charge in [0.25, 0.3) is 5.91 Å². The Kier molecular flexibility index (Phi) is 11.1. The number of para-hydroxylation sites is 1. The highest BCUT2D eigenvalue weighted by Gasteiger charge is 2.14. The van der Waals surface area contributed by atoms with E-state index < -0.39 is 0 Å². The SMILES string of the molecule is CC[C@H](CCCCNc1ncc(Cl)c(-c2c[nH]c3ccccc23)n1)NC(=O)c1ccc(NC(=O)/C=C/CN(C)C)cc1. The predicted molar refractivity (Wildman–Crippen MR) is 171 cm³/mol. The van der Waals surface area contributed by atoms with Crippen molar-refractivity contribution >= 4 is 46.0 Å². The molecule has 0 radical (unpaired) electrons. The first-order valence-electron chi connectivity index (χ1n) is 14.2. The first-order chi connectivity index (χ1) is 20.3. The van der Waals surface area contributed by atoms with Crippen LogP contribution in [0.15, 0.2) is 73.1 Å². The summed E-state index contributed by atoms with van der Waals surface area (Å²) in [5.74, 6) is 0.208. The number of carbonyl (C=O) groups excluding carboxylic acids is 2. The van der Waals surface area contributed by atoms with Crippen LogP contribution >= 0.6 is 11.6 Å². The van der Waals surface area contributed by atoms with Crippen molar-refractivity contribution < 1.29 is 9.59 Å². The number of aromatic amines is 1. The molecule has 0 spiro atoms. The van der Waals surface area contributed by atoms with Crippen molar-refractivity contribution in [2.24, 2.45) is 0 Å². The molecule has 0 saturated carbocycles. The molecule has 0 fully saturated rings. The van der Waals surface area contributed by atoms with Crippen LogP contribution in [0.5, 0.6) is 0 Å². The average molecular weight is 588 g/mol. The number of hydrogen-bond donors (Lipinski definition) is 4. The van der Waals surface area contributed by atoms with Crippen LogP contribution in [0.3, 0.4) is 0 Å². The summed E-state index contributed by atoms with van der Waals surface area (Å²) in [5, 5.41) is 10.8. The highest BCUT2D eigenvalue weighted by Crippen LogP contribution is 2.32. The first-order valence-corrected chi connectivity index (χ1v) is 14.6. The normalized spacial score (nSPS) is 12.1. The summed E-state index contributed by atoms with van der Waals surface area (Å²) < 4.78 is 0. The fourth-order valence-electron chi connectivity index (χ4n) is 4.53. The van der Waals surface area contributed by atoms with Crippen molar-refractivity contribution in [1.82, 2.24) is 25.2 Å². The molecule has 2 aromatic carbocycles. The summed E-state index contributed by atoms with van der Waals surface area (Å²) in [6.07, 6.45) is 10.4. The smallest absolute Gasteiger partial charge is 0.251 e. The molecule has 4 rings (SSSR count). The Labute approximate surface area is 251 Å². The molecular weight excluding hydrogens is 550 g/mol. The van der Waals surface area contributed by atoms with E-state index in [1.54, 1.807) is 36.5 Å². The molecule has 0 aliphatic rings. The topological polar surface area (TPSA) is 115 Å². The van der Waals surface area contributed by atoms with Gasteiger partial charge in [-0.3, -0.25) is 9.59 Å². The van der Waals surface area contributed by atoms with Crippen molar-refractivity contribution in [2.45, 2.75) is 38.6 Å². The molecule has 0 unspecified atom stereocenters. The lowest BCUT2D eigenvalue weighted by Gasteiger charge is -2.17.